The van der Waals surface area contributed by atoms with E-state index in [2.05, 4.69) is 0 Å². The molecule has 0 aliphatic heterocycles. The van der Waals surface area contributed by atoms with Crippen LogP contribution in [-0.4, -0.2) is 26.8 Å². The summed E-state index contributed by atoms with van der Waals surface area (Å²) >= 11 is 0. The molecule has 0 N–H and O–H groups in total. The minimum absolute atomic E-state index is 0.0529. The number of hydrogen-bond acceptors (Lipinski definition) is 5. The smallest absolute Gasteiger partial charge is 0.348 e. The van der Waals surface area contributed by atoms with Crippen LogP contribution in [0.25, 0.3) is 6.08 Å². The Balaban J connectivity index is 2.98. The van der Waals surface area contributed by atoms with E-state index >= 15 is 0 Å². The minimum atomic E-state index is -0.624. The summed E-state index contributed by atoms with van der Waals surface area (Å²) in [6.45, 7) is 4.14. The minimum Gasteiger partial charge on any atom is -0.493 e. The highest BCUT2D eigenvalue weighted by molar-refractivity contribution is 5.97. The second kappa shape index (κ2) is 7.95. The molecule has 0 saturated heterocycles. The van der Waals surface area contributed by atoms with Crippen LogP contribution in [0.1, 0.15) is 19.4 Å². The Morgan fingerprint density at radius 3 is 2.48 bits per heavy atom. The Labute approximate surface area is 124 Å². The number of methoxy groups -OCH3 is 2. The van der Waals surface area contributed by atoms with Gasteiger partial charge in [-0.2, -0.15) is 5.26 Å². The largest absolute Gasteiger partial charge is 0.493 e. The van der Waals surface area contributed by atoms with Gasteiger partial charge in [0.25, 0.3) is 0 Å². The maximum absolute atomic E-state index is 11.8. The monoisotopic (exact) mass is 289 g/mol. The lowest BCUT2D eigenvalue weighted by Crippen LogP contribution is -2.11. The molecule has 0 amide bonds. The third-order valence-electron chi connectivity index (χ3n) is 2.61. The molecule has 0 aromatic heterocycles. The molecule has 0 aliphatic rings. The van der Waals surface area contributed by atoms with E-state index < -0.39 is 5.97 Å². The quantitative estimate of drug-likeness (QED) is 0.457. The highest BCUT2D eigenvalue weighted by atomic mass is 16.5. The van der Waals surface area contributed by atoms with Crippen molar-refractivity contribution < 1.29 is 19.0 Å². The number of ether oxygens (including phenoxy) is 3. The Morgan fingerprint density at radius 1 is 1.29 bits per heavy atom. The number of esters is 1. The van der Waals surface area contributed by atoms with Gasteiger partial charge in [0.05, 0.1) is 20.8 Å². The van der Waals surface area contributed by atoms with Crippen LogP contribution in [0.5, 0.6) is 11.5 Å². The summed E-state index contributed by atoms with van der Waals surface area (Å²) in [6.07, 6.45) is 1.46. The number of hydrogen-bond donors (Lipinski definition) is 0. The number of rotatable bonds is 6. The molecular formula is C16H19NO4. The molecule has 112 valence electrons. The first-order chi connectivity index (χ1) is 10.0. The van der Waals surface area contributed by atoms with Crippen LogP contribution in [0.15, 0.2) is 23.8 Å². The maximum Gasteiger partial charge on any atom is 0.348 e. The summed E-state index contributed by atoms with van der Waals surface area (Å²) in [7, 11) is 3.06. The van der Waals surface area contributed by atoms with E-state index in [1.807, 2.05) is 19.9 Å². The zero-order valence-corrected chi connectivity index (χ0v) is 12.7. The highest BCUT2D eigenvalue weighted by Crippen LogP contribution is 2.28. The average Bonchev–Trinajstić information content (AvgIpc) is 2.49. The van der Waals surface area contributed by atoms with E-state index in [4.69, 9.17) is 19.5 Å². The van der Waals surface area contributed by atoms with Gasteiger partial charge >= 0.3 is 5.97 Å². The predicted molar refractivity (Wildman–Crippen MR) is 78.9 cm³/mol. The highest BCUT2D eigenvalue weighted by Gasteiger charge is 2.12. The zero-order valence-electron chi connectivity index (χ0n) is 12.7. The topological polar surface area (TPSA) is 68.5 Å². The molecule has 1 aromatic rings. The van der Waals surface area contributed by atoms with Gasteiger partial charge in [-0.3, -0.25) is 0 Å². The molecule has 0 heterocycles. The predicted octanol–water partition coefficient (Wildman–Crippen LogP) is 2.81. The Morgan fingerprint density at radius 2 is 1.95 bits per heavy atom. The standard InChI is InChI=1S/C16H19NO4/c1-11(2)10-21-16(18)13(9-17)7-12-5-6-14(19-3)15(8-12)20-4/h5-8,11H,10H2,1-4H3. The summed E-state index contributed by atoms with van der Waals surface area (Å²) in [5.74, 6) is 0.700. The lowest BCUT2D eigenvalue weighted by atomic mass is 10.1. The van der Waals surface area contributed by atoms with Crippen LogP contribution in [0.2, 0.25) is 0 Å². The molecule has 0 atom stereocenters. The van der Waals surface area contributed by atoms with Gasteiger partial charge in [-0.25, -0.2) is 4.79 Å². The van der Waals surface area contributed by atoms with Crippen LogP contribution in [0, 0.1) is 17.2 Å². The van der Waals surface area contributed by atoms with Gasteiger partial charge in [0, 0.05) is 0 Å². The number of benzene rings is 1. The number of nitrogens with zero attached hydrogens (tertiary/aromatic N) is 1. The lowest BCUT2D eigenvalue weighted by molar-refractivity contribution is -0.139. The molecule has 0 unspecified atom stereocenters. The van der Waals surface area contributed by atoms with Gasteiger partial charge < -0.3 is 14.2 Å². The van der Waals surface area contributed by atoms with Crippen LogP contribution < -0.4 is 9.47 Å². The van der Waals surface area contributed by atoms with E-state index in [-0.39, 0.29) is 18.1 Å². The molecule has 0 spiro atoms. The van der Waals surface area contributed by atoms with Crippen molar-refractivity contribution in [2.75, 3.05) is 20.8 Å². The van der Waals surface area contributed by atoms with E-state index in [9.17, 15) is 4.79 Å². The van der Waals surface area contributed by atoms with Crippen LogP contribution in [0.3, 0.4) is 0 Å². The Kier molecular flexibility index (Phi) is 6.28. The molecule has 0 bridgehead atoms. The normalized spacial score (nSPS) is 11.0. The Hall–Kier alpha value is -2.48. The summed E-state index contributed by atoms with van der Waals surface area (Å²) in [5.41, 5.74) is 0.605. The molecule has 0 saturated carbocycles. The van der Waals surface area contributed by atoms with Crippen LogP contribution >= 0.6 is 0 Å². The van der Waals surface area contributed by atoms with Gasteiger partial charge in [-0.05, 0) is 29.7 Å². The van der Waals surface area contributed by atoms with Gasteiger partial charge in [0.2, 0.25) is 0 Å². The first-order valence-corrected chi connectivity index (χ1v) is 6.52. The fourth-order valence-corrected chi connectivity index (χ4v) is 1.57. The van der Waals surface area contributed by atoms with Gasteiger partial charge in [0.15, 0.2) is 11.5 Å². The fourth-order valence-electron chi connectivity index (χ4n) is 1.57. The second-order valence-corrected chi connectivity index (χ2v) is 4.78. The van der Waals surface area contributed by atoms with Crippen molar-refractivity contribution in [1.82, 2.24) is 0 Å². The molecule has 1 rings (SSSR count). The van der Waals surface area contributed by atoms with Crippen molar-refractivity contribution in [2.45, 2.75) is 13.8 Å². The SMILES string of the molecule is COc1ccc(C=C(C#N)C(=O)OCC(C)C)cc1OC. The van der Waals surface area contributed by atoms with Crippen molar-refractivity contribution in [1.29, 1.82) is 5.26 Å². The first-order valence-electron chi connectivity index (χ1n) is 6.52. The fraction of sp³-hybridized carbons (Fsp3) is 0.375. The third-order valence-corrected chi connectivity index (χ3v) is 2.61. The van der Waals surface area contributed by atoms with Crippen LogP contribution in [-0.2, 0) is 9.53 Å². The van der Waals surface area contributed by atoms with Gasteiger partial charge in [-0.15, -0.1) is 0 Å². The van der Waals surface area contributed by atoms with Crippen molar-refractivity contribution in [3.05, 3.63) is 29.3 Å². The third kappa shape index (κ3) is 4.84. The molecule has 0 radical (unpaired) electrons. The van der Waals surface area contributed by atoms with Gasteiger partial charge in [-0.1, -0.05) is 19.9 Å². The maximum atomic E-state index is 11.8. The molecular weight excluding hydrogens is 270 g/mol. The number of carbonyl (C=O) groups is 1. The second-order valence-electron chi connectivity index (χ2n) is 4.78. The van der Waals surface area contributed by atoms with E-state index in [0.717, 1.165) is 0 Å². The summed E-state index contributed by atoms with van der Waals surface area (Å²) in [5, 5.41) is 9.08. The summed E-state index contributed by atoms with van der Waals surface area (Å²) in [4.78, 5) is 11.8. The van der Waals surface area contributed by atoms with E-state index in [1.165, 1.54) is 20.3 Å². The zero-order chi connectivity index (χ0) is 15.8. The summed E-state index contributed by atoms with van der Waals surface area (Å²) in [6, 6.07) is 6.98. The Bertz CT molecular complexity index is 570. The molecule has 5 nitrogen and oxygen atoms in total. The molecule has 0 fully saturated rings. The van der Waals surface area contributed by atoms with Crippen molar-refractivity contribution in [2.24, 2.45) is 5.92 Å². The van der Waals surface area contributed by atoms with Crippen molar-refractivity contribution in [3.8, 4) is 17.6 Å². The van der Waals surface area contributed by atoms with Crippen molar-refractivity contribution in [3.63, 3.8) is 0 Å². The number of carbonyl (C=O) groups excluding carboxylic acids is 1. The lowest BCUT2D eigenvalue weighted by Gasteiger charge is -2.08. The first kappa shape index (κ1) is 16.6. The van der Waals surface area contributed by atoms with Crippen LogP contribution in [0.4, 0.5) is 0 Å². The van der Waals surface area contributed by atoms with Gasteiger partial charge in [0.1, 0.15) is 11.6 Å². The van der Waals surface area contributed by atoms with E-state index in [1.54, 1.807) is 18.2 Å². The van der Waals surface area contributed by atoms with E-state index in [0.29, 0.717) is 17.1 Å². The average molecular weight is 289 g/mol. The number of nitriles is 1. The molecule has 5 heteroatoms. The molecule has 0 aliphatic carbocycles. The van der Waals surface area contributed by atoms with Crippen molar-refractivity contribution >= 4 is 12.0 Å². The summed E-state index contributed by atoms with van der Waals surface area (Å²) < 4.78 is 15.4. The molecule has 21 heavy (non-hydrogen) atoms. The molecule has 1 aromatic carbocycles.